The third-order valence-electron chi connectivity index (χ3n) is 4.80. The number of carbonyl (C=O) groups is 1. The summed E-state index contributed by atoms with van der Waals surface area (Å²) in [7, 11) is 1.96. The van der Waals surface area contributed by atoms with Gasteiger partial charge in [0.15, 0.2) is 5.69 Å². The first-order valence-electron chi connectivity index (χ1n) is 8.97. The maximum absolute atomic E-state index is 13.1. The van der Waals surface area contributed by atoms with E-state index in [0.29, 0.717) is 42.1 Å². The van der Waals surface area contributed by atoms with Crippen molar-refractivity contribution in [2.45, 2.75) is 39.3 Å². The van der Waals surface area contributed by atoms with Gasteiger partial charge in [-0.05, 0) is 31.9 Å². The van der Waals surface area contributed by atoms with Crippen molar-refractivity contribution in [1.82, 2.24) is 20.0 Å². The maximum Gasteiger partial charge on any atom is 0.274 e. The highest BCUT2D eigenvalue weighted by molar-refractivity contribution is 6.04. The third kappa shape index (κ3) is 3.58. The summed E-state index contributed by atoms with van der Waals surface area (Å²) in [5.41, 5.74) is 0.258. The molecule has 0 spiro atoms. The van der Waals surface area contributed by atoms with Crippen molar-refractivity contribution in [3.63, 3.8) is 0 Å². The van der Waals surface area contributed by atoms with Crippen LogP contribution in [0.25, 0.3) is 10.8 Å². The molecule has 25 heavy (non-hydrogen) atoms. The summed E-state index contributed by atoms with van der Waals surface area (Å²) in [6, 6.07) is 7.73. The van der Waals surface area contributed by atoms with Gasteiger partial charge in [0.2, 0.25) is 0 Å². The lowest BCUT2D eigenvalue weighted by Gasteiger charge is -2.31. The lowest BCUT2D eigenvalue weighted by atomic mass is 10.0. The number of carbonyl (C=O) groups excluding carboxylic acids is 1. The molecule has 3 rings (SSSR count). The van der Waals surface area contributed by atoms with Crippen LogP contribution in [0.2, 0.25) is 0 Å². The molecule has 0 atom stereocenters. The van der Waals surface area contributed by atoms with Gasteiger partial charge in [0.25, 0.3) is 11.5 Å². The van der Waals surface area contributed by atoms with E-state index in [2.05, 4.69) is 10.4 Å². The highest BCUT2D eigenvalue weighted by atomic mass is 16.2. The van der Waals surface area contributed by atoms with Gasteiger partial charge in [0.05, 0.1) is 5.39 Å². The monoisotopic (exact) mass is 342 g/mol. The lowest BCUT2D eigenvalue weighted by Crippen LogP contribution is -2.44. The number of fused-ring (bicyclic) bond motifs is 1. The number of amides is 1. The van der Waals surface area contributed by atoms with Crippen molar-refractivity contribution >= 4 is 16.7 Å². The van der Waals surface area contributed by atoms with Crippen molar-refractivity contribution < 1.29 is 4.79 Å². The molecule has 0 saturated carbocycles. The van der Waals surface area contributed by atoms with Crippen LogP contribution in [0.3, 0.4) is 0 Å². The van der Waals surface area contributed by atoms with E-state index >= 15 is 0 Å². The van der Waals surface area contributed by atoms with Crippen molar-refractivity contribution in [2.75, 3.05) is 20.1 Å². The average Bonchev–Trinajstić information content (AvgIpc) is 2.63. The normalized spacial score (nSPS) is 15.9. The minimum absolute atomic E-state index is 0.0803. The highest BCUT2D eigenvalue weighted by Crippen LogP contribution is 2.18. The van der Waals surface area contributed by atoms with E-state index in [1.165, 1.54) is 4.68 Å². The fourth-order valence-electron chi connectivity index (χ4n) is 3.38. The van der Waals surface area contributed by atoms with Crippen molar-refractivity contribution in [2.24, 2.45) is 5.92 Å². The van der Waals surface area contributed by atoms with Crippen LogP contribution in [0.1, 0.15) is 37.2 Å². The molecule has 1 amide bonds. The molecule has 6 nitrogen and oxygen atoms in total. The van der Waals surface area contributed by atoms with Crippen LogP contribution in [-0.4, -0.2) is 46.8 Å². The zero-order valence-electron chi connectivity index (χ0n) is 15.2. The summed E-state index contributed by atoms with van der Waals surface area (Å²) < 4.78 is 1.45. The van der Waals surface area contributed by atoms with Gasteiger partial charge < -0.3 is 10.2 Å². The molecule has 134 valence electrons. The Bertz CT molecular complexity index is 820. The molecule has 1 fully saturated rings. The summed E-state index contributed by atoms with van der Waals surface area (Å²) in [6.07, 6.45) is 1.87. The van der Waals surface area contributed by atoms with Crippen LogP contribution in [-0.2, 0) is 6.54 Å². The molecule has 1 saturated heterocycles. The smallest absolute Gasteiger partial charge is 0.274 e. The van der Waals surface area contributed by atoms with Gasteiger partial charge in [-0.25, -0.2) is 4.68 Å². The first-order chi connectivity index (χ1) is 12.0. The Morgan fingerprint density at radius 2 is 1.88 bits per heavy atom. The van der Waals surface area contributed by atoms with Crippen LogP contribution in [0.4, 0.5) is 0 Å². The van der Waals surface area contributed by atoms with E-state index in [0.717, 1.165) is 12.8 Å². The van der Waals surface area contributed by atoms with Gasteiger partial charge in [0, 0.05) is 31.1 Å². The van der Waals surface area contributed by atoms with Crippen LogP contribution >= 0.6 is 0 Å². The molecule has 0 aliphatic carbocycles. The largest absolute Gasteiger partial charge is 0.337 e. The number of piperidine rings is 1. The summed E-state index contributed by atoms with van der Waals surface area (Å²) in [5.74, 6) is 0.198. The van der Waals surface area contributed by atoms with Gasteiger partial charge in [-0.3, -0.25) is 9.59 Å². The van der Waals surface area contributed by atoms with Crippen molar-refractivity contribution in [3.8, 4) is 0 Å². The zero-order valence-corrected chi connectivity index (χ0v) is 15.2. The second-order valence-corrected chi connectivity index (χ2v) is 7.13. The zero-order chi connectivity index (χ0) is 18.0. The van der Waals surface area contributed by atoms with E-state index in [1.807, 2.05) is 44.0 Å². The molecule has 6 heteroatoms. The van der Waals surface area contributed by atoms with E-state index in [1.54, 1.807) is 6.07 Å². The molecule has 1 aromatic carbocycles. The van der Waals surface area contributed by atoms with Gasteiger partial charge in [-0.2, -0.15) is 5.10 Å². The van der Waals surface area contributed by atoms with Crippen LogP contribution in [0.5, 0.6) is 0 Å². The predicted molar refractivity (Wildman–Crippen MR) is 98.8 cm³/mol. The number of aromatic nitrogens is 2. The fraction of sp³-hybridized carbons (Fsp3) is 0.526. The first-order valence-corrected chi connectivity index (χ1v) is 8.97. The fourth-order valence-corrected chi connectivity index (χ4v) is 3.38. The summed E-state index contributed by atoms with van der Waals surface area (Å²) in [4.78, 5) is 27.6. The van der Waals surface area contributed by atoms with Gasteiger partial charge in [-0.1, -0.05) is 32.0 Å². The molecular formula is C19H26N4O2. The van der Waals surface area contributed by atoms with Gasteiger partial charge in [0.1, 0.15) is 0 Å². The van der Waals surface area contributed by atoms with E-state index in [9.17, 15) is 9.59 Å². The molecule has 2 aromatic rings. The molecule has 1 N–H and O–H groups in total. The molecule has 0 unspecified atom stereocenters. The quantitative estimate of drug-likeness (QED) is 0.921. The number of rotatable bonds is 4. The topological polar surface area (TPSA) is 67.2 Å². The summed E-state index contributed by atoms with van der Waals surface area (Å²) in [6.45, 7) is 6.00. The average molecular weight is 342 g/mol. The van der Waals surface area contributed by atoms with E-state index < -0.39 is 0 Å². The van der Waals surface area contributed by atoms with Crippen LogP contribution in [0.15, 0.2) is 29.1 Å². The minimum atomic E-state index is -0.130. The van der Waals surface area contributed by atoms with Crippen LogP contribution in [0, 0.1) is 5.92 Å². The number of hydrogen-bond donors (Lipinski definition) is 1. The standard InChI is InChI=1S/C19H26N4O2/c1-13(2)12-23-18(24)16-7-5-4-6-15(16)17(21-23)19(25)22-10-8-14(20-3)9-11-22/h4-7,13-14,20H,8-12H2,1-3H3. The van der Waals surface area contributed by atoms with Crippen LogP contribution < -0.4 is 10.9 Å². The number of benzene rings is 1. The number of nitrogens with zero attached hydrogens (tertiary/aromatic N) is 3. The Labute approximate surface area is 147 Å². The molecule has 1 aliphatic heterocycles. The third-order valence-corrected chi connectivity index (χ3v) is 4.80. The van der Waals surface area contributed by atoms with Gasteiger partial charge in [-0.15, -0.1) is 0 Å². The summed E-state index contributed by atoms with van der Waals surface area (Å²) in [5, 5.41) is 8.93. The lowest BCUT2D eigenvalue weighted by molar-refractivity contribution is 0.0700. The second kappa shape index (κ2) is 7.35. The first kappa shape index (κ1) is 17.6. The van der Waals surface area contributed by atoms with E-state index in [4.69, 9.17) is 0 Å². The van der Waals surface area contributed by atoms with Crippen molar-refractivity contribution in [3.05, 3.63) is 40.3 Å². The van der Waals surface area contributed by atoms with Crippen molar-refractivity contribution in [1.29, 1.82) is 0 Å². The minimum Gasteiger partial charge on any atom is -0.337 e. The highest BCUT2D eigenvalue weighted by Gasteiger charge is 2.26. The maximum atomic E-state index is 13.1. The number of likely N-dealkylation sites (tertiary alicyclic amines) is 1. The molecular weight excluding hydrogens is 316 g/mol. The molecule has 1 aliphatic rings. The molecule has 2 heterocycles. The SMILES string of the molecule is CNC1CCN(C(=O)c2nn(CC(C)C)c(=O)c3ccccc23)CC1. The number of hydrogen-bond acceptors (Lipinski definition) is 4. The molecule has 1 aromatic heterocycles. The molecule has 0 radical (unpaired) electrons. The Hall–Kier alpha value is -2.21. The second-order valence-electron chi connectivity index (χ2n) is 7.13. The Balaban J connectivity index is 2.01. The Morgan fingerprint density at radius 1 is 1.24 bits per heavy atom. The summed E-state index contributed by atoms with van der Waals surface area (Å²) >= 11 is 0. The predicted octanol–water partition coefficient (Wildman–Crippen LogP) is 1.88. The Morgan fingerprint density at radius 3 is 2.48 bits per heavy atom. The number of nitrogens with one attached hydrogen (secondary N) is 1. The van der Waals surface area contributed by atoms with Gasteiger partial charge >= 0.3 is 0 Å². The molecule has 0 bridgehead atoms. The Kier molecular flexibility index (Phi) is 5.18. The van der Waals surface area contributed by atoms with E-state index in [-0.39, 0.29) is 17.4 Å².